The lowest BCUT2D eigenvalue weighted by Gasteiger charge is -2.25. The van der Waals surface area contributed by atoms with Crippen molar-refractivity contribution in [2.24, 2.45) is 11.3 Å². The van der Waals surface area contributed by atoms with E-state index in [0.29, 0.717) is 12.5 Å². The van der Waals surface area contributed by atoms with Crippen LogP contribution in [-0.4, -0.2) is 12.4 Å². The van der Waals surface area contributed by atoms with Crippen molar-refractivity contribution in [3.63, 3.8) is 0 Å². The van der Waals surface area contributed by atoms with Gasteiger partial charge in [-0.25, -0.2) is 0 Å². The predicted molar refractivity (Wildman–Crippen MR) is 70.2 cm³/mol. The SMILES string of the molecule is CC(=O)C(C)(C)CC(C)COc1ccccc1. The minimum absolute atomic E-state index is 0.240. The quantitative estimate of drug-likeness (QED) is 0.750. The molecule has 1 unspecified atom stereocenters. The molecule has 0 saturated heterocycles. The molecular weight excluding hydrogens is 212 g/mol. The fourth-order valence-corrected chi connectivity index (χ4v) is 1.83. The van der Waals surface area contributed by atoms with Crippen molar-refractivity contribution in [2.45, 2.75) is 34.1 Å². The number of ketones is 1. The molecule has 2 nitrogen and oxygen atoms in total. The molecule has 0 aliphatic rings. The predicted octanol–water partition coefficient (Wildman–Crippen LogP) is 3.71. The van der Waals surface area contributed by atoms with E-state index in [4.69, 9.17) is 4.74 Å². The molecule has 0 heterocycles. The van der Waals surface area contributed by atoms with Crippen LogP contribution in [0.1, 0.15) is 34.1 Å². The third-order valence-electron chi connectivity index (χ3n) is 3.09. The minimum atomic E-state index is -0.251. The molecule has 0 saturated carbocycles. The van der Waals surface area contributed by atoms with Crippen molar-refractivity contribution in [2.75, 3.05) is 6.61 Å². The summed E-state index contributed by atoms with van der Waals surface area (Å²) in [6, 6.07) is 9.78. The maximum Gasteiger partial charge on any atom is 0.135 e. The van der Waals surface area contributed by atoms with Crippen LogP contribution in [0.4, 0.5) is 0 Å². The number of hydrogen-bond acceptors (Lipinski definition) is 2. The van der Waals surface area contributed by atoms with Gasteiger partial charge in [-0.15, -0.1) is 0 Å². The maximum absolute atomic E-state index is 11.4. The molecule has 0 amide bonds. The van der Waals surface area contributed by atoms with E-state index < -0.39 is 0 Å². The first-order chi connectivity index (χ1) is 7.92. The second-order valence-electron chi connectivity index (χ2n) is 5.37. The normalized spacial score (nSPS) is 13.2. The summed E-state index contributed by atoms with van der Waals surface area (Å²) >= 11 is 0. The Bertz CT molecular complexity index is 354. The lowest BCUT2D eigenvalue weighted by Crippen LogP contribution is -2.26. The van der Waals surface area contributed by atoms with E-state index in [9.17, 15) is 4.79 Å². The van der Waals surface area contributed by atoms with Gasteiger partial charge in [0.2, 0.25) is 0 Å². The van der Waals surface area contributed by atoms with E-state index in [1.165, 1.54) is 0 Å². The van der Waals surface area contributed by atoms with Gasteiger partial charge in [-0.3, -0.25) is 4.79 Å². The fourth-order valence-electron chi connectivity index (χ4n) is 1.83. The fraction of sp³-hybridized carbons (Fsp3) is 0.533. The number of hydrogen-bond donors (Lipinski definition) is 0. The molecule has 0 fully saturated rings. The molecule has 0 spiro atoms. The van der Waals surface area contributed by atoms with E-state index in [1.807, 2.05) is 44.2 Å². The van der Waals surface area contributed by atoms with Gasteiger partial charge < -0.3 is 4.74 Å². The molecule has 0 radical (unpaired) electrons. The number of carbonyl (C=O) groups excluding carboxylic acids is 1. The molecular formula is C15H22O2. The molecule has 2 heteroatoms. The maximum atomic E-state index is 11.4. The van der Waals surface area contributed by atoms with Crippen LogP contribution in [0.2, 0.25) is 0 Å². The topological polar surface area (TPSA) is 26.3 Å². The highest BCUT2D eigenvalue weighted by Gasteiger charge is 2.26. The van der Waals surface area contributed by atoms with E-state index >= 15 is 0 Å². The van der Waals surface area contributed by atoms with Crippen LogP contribution in [0.5, 0.6) is 5.75 Å². The van der Waals surface area contributed by atoms with Gasteiger partial charge in [0, 0.05) is 5.41 Å². The van der Waals surface area contributed by atoms with Gasteiger partial charge in [0.05, 0.1) is 6.61 Å². The summed E-state index contributed by atoms with van der Waals surface area (Å²) in [5.74, 6) is 1.50. The second-order valence-corrected chi connectivity index (χ2v) is 5.37. The third-order valence-corrected chi connectivity index (χ3v) is 3.09. The first-order valence-corrected chi connectivity index (χ1v) is 6.11. The largest absolute Gasteiger partial charge is 0.493 e. The van der Waals surface area contributed by atoms with Gasteiger partial charge in [0.15, 0.2) is 0 Å². The molecule has 0 N–H and O–H groups in total. The smallest absolute Gasteiger partial charge is 0.135 e. The Labute approximate surface area is 104 Å². The molecule has 1 aromatic rings. The standard InChI is InChI=1S/C15H22O2/c1-12(10-15(3,4)13(2)16)11-17-14-8-6-5-7-9-14/h5-9,12H,10-11H2,1-4H3. The van der Waals surface area contributed by atoms with Gasteiger partial charge >= 0.3 is 0 Å². The van der Waals surface area contributed by atoms with Crippen LogP contribution in [0.3, 0.4) is 0 Å². The van der Waals surface area contributed by atoms with Crippen molar-refractivity contribution >= 4 is 5.78 Å². The summed E-state index contributed by atoms with van der Waals surface area (Å²) in [5, 5.41) is 0. The Kier molecular flexibility index (Phi) is 4.73. The van der Waals surface area contributed by atoms with E-state index in [-0.39, 0.29) is 11.2 Å². The minimum Gasteiger partial charge on any atom is -0.493 e. The molecule has 1 aromatic carbocycles. The summed E-state index contributed by atoms with van der Waals surface area (Å²) in [4.78, 5) is 11.4. The van der Waals surface area contributed by atoms with Gasteiger partial charge in [-0.1, -0.05) is 39.0 Å². The number of benzene rings is 1. The van der Waals surface area contributed by atoms with Gasteiger partial charge in [-0.2, -0.15) is 0 Å². The van der Waals surface area contributed by atoms with Crippen molar-refractivity contribution in [1.82, 2.24) is 0 Å². The molecule has 94 valence electrons. The monoisotopic (exact) mass is 234 g/mol. The van der Waals surface area contributed by atoms with Crippen molar-refractivity contribution in [3.8, 4) is 5.75 Å². The van der Waals surface area contributed by atoms with Crippen molar-refractivity contribution in [3.05, 3.63) is 30.3 Å². The van der Waals surface area contributed by atoms with Gasteiger partial charge in [0.1, 0.15) is 11.5 Å². The van der Waals surface area contributed by atoms with Crippen LogP contribution in [-0.2, 0) is 4.79 Å². The molecule has 1 rings (SSSR count). The average Bonchev–Trinajstić information content (AvgIpc) is 2.27. The average molecular weight is 234 g/mol. The summed E-state index contributed by atoms with van der Waals surface area (Å²) in [5.41, 5.74) is -0.251. The summed E-state index contributed by atoms with van der Waals surface area (Å²) in [6.45, 7) is 8.42. The van der Waals surface area contributed by atoms with Crippen molar-refractivity contribution in [1.29, 1.82) is 0 Å². The van der Waals surface area contributed by atoms with Crippen LogP contribution < -0.4 is 4.74 Å². The molecule has 0 bridgehead atoms. The molecule has 0 aliphatic carbocycles. The molecule has 0 aromatic heterocycles. The summed E-state index contributed by atoms with van der Waals surface area (Å²) in [7, 11) is 0. The number of Topliss-reactive ketones (excluding diaryl/α,β-unsaturated/α-hetero) is 1. The van der Waals surface area contributed by atoms with Crippen LogP contribution in [0.15, 0.2) is 30.3 Å². The van der Waals surface area contributed by atoms with Gasteiger partial charge in [0.25, 0.3) is 0 Å². The lowest BCUT2D eigenvalue weighted by molar-refractivity contribution is -0.125. The van der Waals surface area contributed by atoms with E-state index in [0.717, 1.165) is 12.2 Å². The summed E-state index contributed by atoms with van der Waals surface area (Å²) in [6.07, 6.45) is 0.856. The number of rotatable bonds is 6. The van der Waals surface area contributed by atoms with E-state index in [2.05, 4.69) is 6.92 Å². The summed E-state index contributed by atoms with van der Waals surface area (Å²) < 4.78 is 5.68. The van der Waals surface area contributed by atoms with Crippen LogP contribution in [0.25, 0.3) is 0 Å². The Morgan fingerprint density at radius 3 is 2.41 bits per heavy atom. The Morgan fingerprint density at radius 2 is 1.88 bits per heavy atom. The Hall–Kier alpha value is -1.31. The molecule has 1 atom stereocenters. The number of para-hydroxylation sites is 1. The van der Waals surface area contributed by atoms with Crippen LogP contribution in [0, 0.1) is 11.3 Å². The Morgan fingerprint density at radius 1 is 1.29 bits per heavy atom. The van der Waals surface area contributed by atoms with E-state index in [1.54, 1.807) is 6.92 Å². The third kappa shape index (κ3) is 4.59. The van der Waals surface area contributed by atoms with Gasteiger partial charge in [-0.05, 0) is 31.4 Å². The zero-order valence-electron chi connectivity index (χ0n) is 11.2. The highest BCUT2D eigenvalue weighted by Crippen LogP contribution is 2.26. The number of carbonyl (C=O) groups is 1. The lowest BCUT2D eigenvalue weighted by atomic mass is 9.80. The van der Waals surface area contributed by atoms with Crippen LogP contribution >= 0.6 is 0 Å². The zero-order chi connectivity index (χ0) is 12.9. The zero-order valence-corrected chi connectivity index (χ0v) is 11.2. The molecule has 17 heavy (non-hydrogen) atoms. The van der Waals surface area contributed by atoms with Crippen molar-refractivity contribution < 1.29 is 9.53 Å². The Balaban J connectivity index is 2.41. The second kappa shape index (κ2) is 5.85. The highest BCUT2D eigenvalue weighted by atomic mass is 16.5. The number of ether oxygens (including phenoxy) is 1. The molecule has 0 aliphatic heterocycles. The first-order valence-electron chi connectivity index (χ1n) is 6.11. The first kappa shape index (κ1) is 13.8. The highest BCUT2D eigenvalue weighted by molar-refractivity contribution is 5.81.